The fraction of sp³-hybridized carbons (Fsp3) is 0.0222. The van der Waals surface area contributed by atoms with E-state index in [0.29, 0.717) is 23.2 Å². The minimum atomic E-state index is 0.510. The van der Waals surface area contributed by atoms with E-state index in [1.807, 2.05) is 72.9 Å². The molecule has 5 nitrogen and oxygen atoms in total. The van der Waals surface area contributed by atoms with Gasteiger partial charge in [0.25, 0.3) is 0 Å². The number of hydrogen-bond acceptors (Lipinski definition) is 5. The van der Waals surface area contributed by atoms with E-state index in [1.54, 1.807) is 0 Å². The molecule has 5 heteroatoms. The summed E-state index contributed by atoms with van der Waals surface area (Å²) < 4.78 is 6.50. The fourth-order valence-electron chi connectivity index (χ4n) is 6.62. The Bertz CT molecular complexity index is 2650. The number of benzene rings is 6. The molecule has 236 valence electrons. The van der Waals surface area contributed by atoms with Crippen LogP contribution in [0.25, 0.3) is 89.6 Å². The summed E-state index contributed by atoms with van der Waals surface area (Å²) in [6.45, 7) is 2.11. The van der Waals surface area contributed by atoms with E-state index in [-0.39, 0.29) is 0 Å². The van der Waals surface area contributed by atoms with Crippen molar-refractivity contribution in [1.29, 1.82) is 0 Å². The summed E-state index contributed by atoms with van der Waals surface area (Å²) in [4.78, 5) is 19.6. The summed E-state index contributed by atoms with van der Waals surface area (Å²) in [5.41, 5.74) is 12.0. The number of hydrogen-bond donors (Lipinski definition) is 0. The third-order valence-corrected chi connectivity index (χ3v) is 9.15. The maximum absolute atomic E-state index is 6.50. The van der Waals surface area contributed by atoms with Crippen molar-refractivity contribution in [2.75, 3.05) is 0 Å². The van der Waals surface area contributed by atoms with Crippen molar-refractivity contribution >= 4 is 21.9 Å². The van der Waals surface area contributed by atoms with Gasteiger partial charge in [0.2, 0.25) is 0 Å². The van der Waals surface area contributed by atoms with Crippen LogP contribution >= 0.6 is 0 Å². The van der Waals surface area contributed by atoms with Gasteiger partial charge in [-0.15, -0.1) is 0 Å². The molecule has 0 aliphatic rings. The quantitative estimate of drug-likeness (QED) is 0.181. The number of nitrogens with zero attached hydrogens (tertiary/aromatic N) is 4. The molecular formula is C45H30N4O. The van der Waals surface area contributed by atoms with Gasteiger partial charge in [-0.2, -0.15) is 0 Å². The van der Waals surface area contributed by atoms with Crippen LogP contribution in [-0.2, 0) is 0 Å². The van der Waals surface area contributed by atoms with Gasteiger partial charge in [0.1, 0.15) is 16.9 Å². The van der Waals surface area contributed by atoms with Gasteiger partial charge < -0.3 is 4.42 Å². The normalized spacial score (nSPS) is 11.3. The van der Waals surface area contributed by atoms with Gasteiger partial charge in [0, 0.05) is 33.7 Å². The Labute approximate surface area is 289 Å². The average Bonchev–Trinajstić information content (AvgIpc) is 3.57. The summed E-state index contributed by atoms with van der Waals surface area (Å²) in [6, 6.07) is 53.9. The number of fused-ring (bicyclic) bond motifs is 3. The van der Waals surface area contributed by atoms with Crippen LogP contribution in [0.3, 0.4) is 0 Å². The van der Waals surface area contributed by atoms with Crippen molar-refractivity contribution in [2.24, 2.45) is 0 Å². The predicted molar refractivity (Wildman–Crippen MR) is 202 cm³/mol. The van der Waals surface area contributed by atoms with Crippen molar-refractivity contribution < 1.29 is 4.42 Å². The molecule has 0 atom stereocenters. The zero-order valence-electron chi connectivity index (χ0n) is 27.3. The first-order valence-corrected chi connectivity index (χ1v) is 16.6. The molecule has 3 heterocycles. The molecule has 0 saturated heterocycles. The molecule has 0 bridgehead atoms. The number of pyridine rings is 1. The van der Waals surface area contributed by atoms with E-state index in [0.717, 1.165) is 55.3 Å². The molecule has 0 aliphatic carbocycles. The topological polar surface area (TPSA) is 64.7 Å². The highest BCUT2D eigenvalue weighted by Gasteiger charge is 2.17. The lowest BCUT2D eigenvalue weighted by molar-refractivity contribution is 0.669. The predicted octanol–water partition coefficient (Wildman–Crippen LogP) is 11.5. The monoisotopic (exact) mass is 642 g/mol. The van der Waals surface area contributed by atoms with Crippen molar-refractivity contribution in [3.63, 3.8) is 0 Å². The molecule has 9 aromatic rings. The van der Waals surface area contributed by atoms with Gasteiger partial charge in [0.05, 0.1) is 0 Å². The van der Waals surface area contributed by atoms with E-state index in [4.69, 9.17) is 24.4 Å². The van der Waals surface area contributed by atoms with E-state index in [1.165, 1.54) is 16.7 Å². The van der Waals surface area contributed by atoms with Crippen molar-refractivity contribution in [2.45, 2.75) is 6.92 Å². The Hall–Kier alpha value is -6.72. The molecule has 0 spiro atoms. The zero-order chi connectivity index (χ0) is 33.4. The average molecular weight is 643 g/mol. The molecule has 0 radical (unpaired) electrons. The van der Waals surface area contributed by atoms with Crippen LogP contribution < -0.4 is 0 Å². The Balaban J connectivity index is 1.14. The number of rotatable bonds is 6. The molecular weight excluding hydrogens is 613 g/mol. The van der Waals surface area contributed by atoms with Gasteiger partial charge in [0.15, 0.2) is 17.5 Å². The zero-order valence-corrected chi connectivity index (χ0v) is 27.3. The summed E-state index contributed by atoms with van der Waals surface area (Å²) in [5.74, 6) is 1.65. The van der Waals surface area contributed by atoms with Crippen LogP contribution in [0.2, 0.25) is 0 Å². The van der Waals surface area contributed by atoms with Gasteiger partial charge in [-0.25, -0.2) is 15.0 Å². The minimum absolute atomic E-state index is 0.510. The van der Waals surface area contributed by atoms with Crippen molar-refractivity contribution in [1.82, 2.24) is 19.9 Å². The van der Waals surface area contributed by atoms with Gasteiger partial charge in [-0.3, -0.25) is 4.98 Å². The molecule has 9 rings (SSSR count). The van der Waals surface area contributed by atoms with E-state index >= 15 is 0 Å². The maximum Gasteiger partial charge on any atom is 0.182 e. The summed E-state index contributed by atoms with van der Waals surface area (Å²) in [5, 5.41) is 2.12. The Morgan fingerprint density at radius 2 is 1.06 bits per heavy atom. The molecule has 0 N–H and O–H groups in total. The maximum atomic E-state index is 6.50. The first-order chi connectivity index (χ1) is 24.7. The smallest absolute Gasteiger partial charge is 0.182 e. The minimum Gasteiger partial charge on any atom is -0.456 e. The van der Waals surface area contributed by atoms with Crippen molar-refractivity contribution in [3.05, 3.63) is 169 Å². The molecule has 0 unspecified atom stereocenters. The lowest BCUT2D eigenvalue weighted by Gasteiger charge is -2.09. The second kappa shape index (κ2) is 12.4. The highest BCUT2D eigenvalue weighted by atomic mass is 16.3. The van der Waals surface area contributed by atoms with E-state index in [9.17, 15) is 0 Å². The molecule has 50 heavy (non-hydrogen) atoms. The van der Waals surface area contributed by atoms with E-state index < -0.39 is 0 Å². The lowest BCUT2D eigenvalue weighted by atomic mass is 9.96. The third-order valence-electron chi connectivity index (χ3n) is 9.15. The lowest BCUT2D eigenvalue weighted by Crippen LogP contribution is -2.01. The van der Waals surface area contributed by atoms with Gasteiger partial charge >= 0.3 is 0 Å². The summed E-state index contributed by atoms with van der Waals surface area (Å²) in [7, 11) is 0. The first-order valence-electron chi connectivity index (χ1n) is 16.6. The van der Waals surface area contributed by atoms with Gasteiger partial charge in [-0.1, -0.05) is 127 Å². The second-order valence-electron chi connectivity index (χ2n) is 12.4. The van der Waals surface area contributed by atoms with Crippen LogP contribution in [0.5, 0.6) is 0 Å². The molecule has 0 aliphatic heterocycles. The highest BCUT2D eigenvalue weighted by Crippen LogP contribution is 2.39. The Kier molecular flexibility index (Phi) is 7.29. The molecule has 3 aromatic heterocycles. The largest absolute Gasteiger partial charge is 0.456 e. The number of aromatic nitrogens is 4. The molecule has 0 amide bonds. The molecule has 0 saturated carbocycles. The SMILES string of the molecule is Cc1ccccc1-c1ccc(-c2nc(-c3ccccc3)nc(-c3ccc4c(c3)oc3cccc(-c5cccc(-c6ccccc6)c5)c34)n2)nc1. The molecule has 0 fully saturated rings. The summed E-state index contributed by atoms with van der Waals surface area (Å²) >= 11 is 0. The van der Waals surface area contributed by atoms with Crippen LogP contribution in [0.4, 0.5) is 0 Å². The van der Waals surface area contributed by atoms with Gasteiger partial charge in [-0.05, 0) is 70.6 Å². The molecule has 6 aromatic carbocycles. The summed E-state index contributed by atoms with van der Waals surface area (Å²) in [6.07, 6.45) is 1.89. The first kappa shape index (κ1) is 29.4. The standard InChI is InChI=1S/C45H30N4O/c1-29-12-8-9-19-36(29)35-23-25-39(46-28-35)45-48-43(31-15-6-3-7-16-31)47-44(49-45)34-22-24-38-41(27-34)50-40-21-11-20-37(42(38)40)33-18-10-17-32(26-33)30-13-4-2-5-14-30/h2-28H,1H3. The fourth-order valence-corrected chi connectivity index (χ4v) is 6.62. The van der Waals surface area contributed by atoms with Crippen LogP contribution in [0.1, 0.15) is 5.56 Å². The Morgan fingerprint density at radius 3 is 1.84 bits per heavy atom. The second-order valence-corrected chi connectivity index (χ2v) is 12.4. The van der Waals surface area contributed by atoms with E-state index in [2.05, 4.69) is 97.9 Å². The Morgan fingerprint density at radius 1 is 0.420 bits per heavy atom. The number of furan rings is 1. The third kappa shape index (κ3) is 5.41. The van der Waals surface area contributed by atoms with Crippen molar-refractivity contribution in [3.8, 4) is 67.7 Å². The van der Waals surface area contributed by atoms with Crippen LogP contribution in [-0.4, -0.2) is 19.9 Å². The van der Waals surface area contributed by atoms with Crippen LogP contribution in [0.15, 0.2) is 168 Å². The highest BCUT2D eigenvalue weighted by molar-refractivity contribution is 6.13. The number of aryl methyl sites for hydroxylation is 1. The van der Waals surface area contributed by atoms with Crippen LogP contribution in [0, 0.1) is 6.92 Å².